The highest BCUT2D eigenvalue weighted by Gasteiger charge is 2.17. The molecule has 0 aliphatic rings. The molecule has 46 heavy (non-hydrogen) atoms. The summed E-state index contributed by atoms with van der Waals surface area (Å²) in [4.78, 5) is 5.00. The molecule has 1 heterocycles. The molecular weight excluding hydrogens is 555 g/mol. The van der Waals surface area contributed by atoms with E-state index in [0.29, 0.717) is 0 Å². The Bertz CT molecular complexity index is 2460. The summed E-state index contributed by atoms with van der Waals surface area (Å²) in [5.74, 6) is 0. The molecule has 0 aliphatic carbocycles. The van der Waals surface area contributed by atoms with Gasteiger partial charge in [-0.05, 0) is 83.9 Å². The van der Waals surface area contributed by atoms with Crippen molar-refractivity contribution < 1.29 is 0 Å². The van der Waals surface area contributed by atoms with Crippen LogP contribution in [0.15, 0.2) is 176 Å². The number of pyridine rings is 1. The highest BCUT2D eigenvalue weighted by atomic mass is 14.7. The lowest BCUT2D eigenvalue weighted by molar-refractivity contribution is 1.32. The minimum Gasteiger partial charge on any atom is -0.248 e. The van der Waals surface area contributed by atoms with Crippen LogP contribution in [0.3, 0.4) is 0 Å². The Hall–Kier alpha value is -6.05. The largest absolute Gasteiger partial charge is 0.248 e. The first-order valence-corrected chi connectivity index (χ1v) is 15.8. The van der Waals surface area contributed by atoms with Crippen molar-refractivity contribution in [1.29, 1.82) is 0 Å². The van der Waals surface area contributed by atoms with Crippen LogP contribution in [0.4, 0.5) is 0 Å². The number of hydrogen-bond acceptors (Lipinski definition) is 1. The average molecular weight is 584 g/mol. The Morgan fingerprint density at radius 2 is 0.717 bits per heavy atom. The molecule has 0 saturated heterocycles. The number of rotatable bonds is 5. The van der Waals surface area contributed by atoms with E-state index < -0.39 is 0 Å². The summed E-state index contributed by atoms with van der Waals surface area (Å²) in [6.07, 6.45) is 0. The summed E-state index contributed by atoms with van der Waals surface area (Å²) >= 11 is 0. The lowest BCUT2D eigenvalue weighted by atomic mass is 9.85. The van der Waals surface area contributed by atoms with Crippen molar-refractivity contribution in [1.82, 2.24) is 4.98 Å². The Balaban J connectivity index is 1.20. The summed E-state index contributed by atoms with van der Waals surface area (Å²) < 4.78 is 0. The van der Waals surface area contributed by atoms with Gasteiger partial charge in [0, 0.05) is 11.1 Å². The molecule has 8 aromatic carbocycles. The van der Waals surface area contributed by atoms with Crippen LogP contribution in [-0.4, -0.2) is 4.98 Å². The van der Waals surface area contributed by atoms with Crippen molar-refractivity contribution in [3.63, 3.8) is 0 Å². The number of hydrogen-bond donors (Lipinski definition) is 0. The maximum Gasteiger partial charge on any atom is 0.0709 e. The van der Waals surface area contributed by atoms with Crippen molar-refractivity contribution >= 4 is 32.3 Å². The lowest BCUT2D eigenvalue weighted by Crippen LogP contribution is -1.92. The van der Waals surface area contributed by atoms with Gasteiger partial charge in [-0.25, -0.2) is 4.98 Å². The maximum absolute atomic E-state index is 5.00. The van der Waals surface area contributed by atoms with E-state index in [1.807, 2.05) is 6.07 Å². The molecule has 0 N–H and O–H groups in total. The Morgan fingerprint density at radius 3 is 1.28 bits per heavy atom. The fourth-order valence-corrected chi connectivity index (χ4v) is 6.97. The maximum atomic E-state index is 5.00. The van der Waals surface area contributed by atoms with Crippen molar-refractivity contribution in [2.75, 3.05) is 0 Å². The molecule has 9 aromatic rings. The van der Waals surface area contributed by atoms with Gasteiger partial charge in [-0.3, -0.25) is 0 Å². The molecule has 0 bridgehead atoms. The summed E-state index contributed by atoms with van der Waals surface area (Å²) in [6.45, 7) is 0. The molecule has 0 spiro atoms. The van der Waals surface area contributed by atoms with Gasteiger partial charge in [0.05, 0.1) is 11.4 Å². The van der Waals surface area contributed by atoms with Gasteiger partial charge in [0.25, 0.3) is 0 Å². The summed E-state index contributed by atoms with van der Waals surface area (Å²) in [6, 6.07) is 63.3. The van der Waals surface area contributed by atoms with Gasteiger partial charge in [0.2, 0.25) is 0 Å². The van der Waals surface area contributed by atoms with E-state index in [2.05, 4.69) is 170 Å². The van der Waals surface area contributed by atoms with Crippen LogP contribution in [0.5, 0.6) is 0 Å². The van der Waals surface area contributed by atoms with Gasteiger partial charge in [-0.15, -0.1) is 0 Å². The zero-order chi connectivity index (χ0) is 30.5. The third kappa shape index (κ3) is 4.45. The van der Waals surface area contributed by atoms with Gasteiger partial charge in [0.1, 0.15) is 0 Å². The van der Waals surface area contributed by atoms with E-state index in [1.165, 1.54) is 65.7 Å². The Labute approximate surface area is 268 Å². The number of aromatic nitrogens is 1. The second kappa shape index (κ2) is 10.8. The third-order valence-electron chi connectivity index (χ3n) is 9.26. The van der Waals surface area contributed by atoms with Crippen LogP contribution in [-0.2, 0) is 0 Å². The van der Waals surface area contributed by atoms with Crippen LogP contribution < -0.4 is 0 Å². The van der Waals surface area contributed by atoms with E-state index in [0.717, 1.165) is 22.5 Å². The summed E-state index contributed by atoms with van der Waals surface area (Å²) in [7, 11) is 0. The molecule has 0 atom stereocenters. The van der Waals surface area contributed by atoms with Crippen LogP contribution in [0, 0.1) is 0 Å². The van der Waals surface area contributed by atoms with E-state index in [4.69, 9.17) is 4.98 Å². The Kier molecular flexibility index (Phi) is 6.21. The molecule has 0 radical (unpaired) electrons. The van der Waals surface area contributed by atoms with Gasteiger partial charge in [0.15, 0.2) is 0 Å². The summed E-state index contributed by atoms with van der Waals surface area (Å²) in [5, 5.41) is 7.78. The molecule has 1 nitrogen and oxygen atoms in total. The Morgan fingerprint density at radius 1 is 0.283 bits per heavy atom. The quantitative estimate of drug-likeness (QED) is 0.184. The van der Waals surface area contributed by atoms with Crippen LogP contribution in [0.1, 0.15) is 0 Å². The standard InChI is InChI=1S/C45H29N/c1-3-9-30(10-4-1)31-17-19-32(20-18-31)40-29-41(39-28-26-37-14-7-13-36-25-27-38(40)45(39)44(36)37)33-21-23-35(24-22-33)43-16-8-15-42(46-43)34-11-5-2-6-12-34/h1-29H. The van der Waals surface area contributed by atoms with Crippen molar-refractivity contribution in [3.05, 3.63) is 176 Å². The predicted octanol–water partition coefficient (Wildman–Crippen LogP) is 12.3. The lowest BCUT2D eigenvalue weighted by Gasteiger charge is -2.18. The molecule has 1 aromatic heterocycles. The smallest absolute Gasteiger partial charge is 0.0709 e. The van der Waals surface area contributed by atoms with Crippen molar-refractivity contribution in [3.8, 4) is 55.9 Å². The molecular formula is C45H29N. The molecule has 1 heteroatoms. The molecule has 214 valence electrons. The van der Waals surface area contributed by atoms with Gasteiger partial charge < -0.3 is 0 Å². The first-order valence-electron chi connectivity index (χ1n) is 15.8. The van der Waals surface area contributed by atoms with E-state index in [-0.39, 0.29) is 0 Å². The second-order valence-electron chi connectivity index (χ2n) is 11.9. The first-order chi connectivity index (χ1) is 22.8. The first kappa shape index (κ1) is 26.4. The van der Waals surface area contributed by atoms with E-state index in [1.54, 1.807) is 0 Å². The number of nitrogens with zero attached hydrogens (tertiary/aromatic N) is 1. The monoisotopic (exact) mass is 583 g/mol. The minimum absolute atomic E-state index is 0.975. The molecule has 0 fully saturated rings. The molecule has 0 saturated carbocycles. The SMILES string of the molecule is c1ccc(-c2ccc(-c3cc(-c4ccc(-c5cccc(-c6ccccc6)n5)cc4)c4ccc5cccc6ccc3c4c65)cc2)cc1. The predicted molar refractivity (Wildman–Crippen MR) is 195 cm³/mol. The zero-order valence-corrected chi connectivity index (χ0v) is 25.2. The van der Waals surface area contributed by atoms with Gasteiger partial charge in [-0.2, -0.15) is 0 Å². The second-order valence-corrected chi connectivity index (χ2v) is 11.9. The highest BCUT2D eigenvalue weighted by Crippen LogP contribution is 2.44. The fraction of sp³-hybridized carbons (Fsp3) is 0. The molecule has 0 aliphatic heterocycles. The van der Waals surface area contributed by atoms with Crippen molar-refractivity contribution in [2.45, 2.75) is 0 Å². The normalized spacial score (nSPS) is 11.5. The minimum atomic E-state index is 0.975. The van der Waals surface area contributed by atoms with Gasteiger partial charge in [-0.1, -0.05) is 158 Å². The van der Waals surface area contributed by atoms with Gasteiger partial charge >= 0.3 is 0 Å². The van der Waals surface area contributed by atoms with Crippen molar-refractivity contribution in [2.24, 2.45) is 0 Å². The molecule has 0 unspecified atom stereocenters. The average Bonchev–Trinajstić information content (AvgIpc) is 3.14. The number of benzene rings is 8. The van der Waals surface area contributed by atoms with E-state index in [9.17, 15) is 0 Å². The summed E-state index contributed by atoms with van der Waals surface area (Å²) in [5.41, 5.74) is 11.6. The molecule has 9 rings (SSSR count). The van der Waals surface area contributed by atoms with E-state index >= 15 is 0 Å². The zero-order valence-electron chi connectivity index (χ0n) is 25.2. The van der Waals surface area contributed by atoms with Crippen LogP contribution in [0.2, 0.25) is 0 Å². The fourth-order valence-electron chi connectivity index (χ4n) is 6.97. The molecule has 0 amide bonds. The van der Waals surface area contributed by atoms with Crippen LogP contribution in [0.25, 0.3) is 88.2 Å². The third-order valence-corrected chi connectivity index (χ3v) is 9.26. The highest BCUT2D eigenvalue weighted by molar-refractivity contribution is 6.28. The topological polar surface area (TPSA) is 12.9 Å². The van der Waals surface area contributed by atoms with Crippen LogP contribution >= 0.6 is 0 Å².